The van der Waals surface area contributed by atoms with E-state index in [1.165, 1.54) is 5.56 Å². The van der Waals surface area contributed by atoms with Gasteiger partial charge in [0, 0.05) is 5.69 Å². The first-order valence-corrected chi connectivity index (χ1v) is 6.84. The number of benzene rings is 3. The SMILES string of the molecule is Nc1ccc(-c2ccc(NNc3ccccc3)cc2)cc1. The summed E-state index contributed by atoms with van der Waals surface area (Å²) in [5.74, 6) is 0. The average molecular weight is 275 g/mol. The van der Waals surface area contributed by atoms with Crippen LogP contribution in [0, 0.1) is 0 Å². The Labute approximate surface area is 124 Å². The van der Waals surface area contributed by atoms with Gasteiger partial charge < -0.3 is 16.6 Å². The summed E-state index contributed by atoms with van der Waals surface area (Å²) in [5, 5.41) is 0. The zero-order valence-electron chi connectivity index (χ0n) is 11.6. The number of nitrogens with one attached hydrogen (secondary N) is 2. The molecule has 0 atom stereocenters. The molecule has 3 aromatic rings. The molecule has 0 heterocycles. The molecule has 0 saturated heterocycles. The number of hydrogen-bond donors (Lipinski definition) is 3. The average Bonchev–Trinajstić information content (AvgIpc) is 2.55. The summed E-state index contributed by atoms with van der Waals surface area (Å²) in [6, 6.07) is 26.1. The normalized spacial score (nSPS) is 10.1. The Morgan fingerprint density at radius 1 is 0.524 bits per heavy atom. The Morgan fingerprint density at radius 2 is 1.00 bits per heavy atom. The topological polar surface area (TPSA) is 50.1 Å². The molecule has 0 aliphatic rings. The van der Waals surface area contributed by atoms with Crippen LogP contribution in [0.3, 0.4) is 0 Å². The van der Waals surface area contributed by atoms with E-state index in [4.69, 9.17) is 5.73 Å². The third-order valence-corrected chi connectivity index (χ3v) is 3.25. The van der Waals surface area contributed by atoms with E-state index in [0.29, 0.717) is 0 Å². The van der Waals surface area contributed by atoms with E-state index >= 15 is 0 Å². The number of nitrogen functional groups attached to an aromatic ring is 1. The molecule has 0 unspecified atom stereocenters. The molecule has 0 fully saturated rings. The molecule has 0 saturated carbocycles. The first-order chi connectivity index (χ1) is 10.3. The molecule has 3 nitrogen and oxygen atoms in total. The van der Waals surface area contributed by atoms with E-state index in [1.54, 1.807) is 0 Å². The van der Waals surface area contributed by atoms with Gasteiger partial charge in [0.2, 0.25) is 0 Å². The standard InChI is InChI=1S/C18H17N3/c19-16-10-6-14(7-11-16)15-8-12-18(13-9-15)21-20-17-4-2-1-3-5-17/h1-13,20-21H,19H2. The number of rotatable bonds is 4. The van der Waals surface area contributed by atoms with Crippen molar-refractivity contribution in [3.63, 3.8) is 0 Å². The molecular formula is C18H17N3. The molecule has 0 aliphatic carbocycles. The van der Waals surface area contributed by atoms with Gasteiger partial charge in [-0.2, -0.15) is 0 Å². The summed E-state index contributed by atoms with van der Waals surface area (Å²) >= 11 is 0. The lowest BCUT2D eigenvalue weighted by Gasteiger charge is -2.10. The fourth-order valence-corrected chi connectivity index (χ4v) is 2.09. The zero-order chi connectivity index (χ0) is 14.5. The number of anilines is 3. The van der Waals surface area contributed by atoms with Gasteiger partial charge in [-0.1, -0.05) is 42.5 Å². The van der Waals surface area contributed by atoms with Crippen molar-refractivity contribution < 1.29 is 0 Å². The van der Waals surface area contributed by atoms with Crippen LogP contribution in [0.5, 0.6) is 0 Å². The van der Waals surface area contributed by atoms with Gasteiger partial charge in [-0.05, 0) is 47.5 Å². The minimum Gasteiger partial charge on any atom is -0.399 e. The van der Waals surface area contributed by atoms with Gasteiger partial charge in [0.15, 0.2) is 0 Å². The third-order valence-electron chi connectivity index (χ3n) is 3.25. The third kappa shape index (κ3) is 3.34. The van der Waals surface area contributed by atoms with Crippen LogP contribution in [0.15, 0.2) is 78.9 Å². The second-order valence-corrected chi connectivity index (χ2v) is 4.82. The van der Waals surface area contributed by atoms with Crippen molar-refractivity contribution in [3.8, 4) is 11.1 Å². The van der Waals surface area contributed by atoms with E-state index in [9.17, 15) is 0 Å². The minimum absolute atomic E-state index is 0.782. The van der Waals surface area contributed by atoms with E-state index in [2.05, 4.69) is 23.0 Å². The molecule has 0 aromatic heterocycles. The molecule has 3 heteroatoms. The second-order valence-electron chi connectivity index (χ2n) is 4.82. The largest absolute Gasteiger partial charge is 0.399 e. The monoisotopic (exact) mass is 275 g/mol. The Bertz CT molecular complexity index is 689. The highest BCUT2D eigenvalue weighted by Crippen LogP contribution is 2.22. The van der Waals surface area contributed by atoms with E-state index in [-0.39, 0.29) is 0 Å². The maximum Gasteiger partial charge on any atom is 0.0540 e. The highest BCUT2D eigenvalue weighted by atomic mass is 15.4. The van der Waals surface area contributed by atoms with Crippen LogP contribution in [0.25, 0.3) is 11.1 Å². The van der Waals surface area contributed by atoms with Crippen LogP contribution < -0.4 is 16.6 Å². The molecule has 0 spiro atoms. The number of para-hydroxylation sites is 1. The number of hydrazine groups is 1. The first-order valence-electron chi connectivity index (χ1n) is 6.84. The lowest BCUT2D eigenvalue weighted by Crippen LogP contribution is -2.07. The molecule has 4 N–H and O–H groups in total. The maximum atomic E-state index is 5.71. The van der Waals surface area contributed by atoms with Gasteiger partial charge in [-0.3, -0.25) is 0 Å². The quantitative estimate of drug-likeness (QED) is 0.489. The van der Waals surface area contributed by atoms with Crippen LogP contribution in [-0.2, 0) is 0 Å². The molecule has 0 bridgehead atoms. The smallest absolute Gasteiger partial charge is 0.0540 e. The van der Waals surface area contributed by atoms with Crippen molar-refractivity contribution >= 4 is 17.1 Å². The maximum absolute atomic E-state index is 5.71. The van der Waals surface area contributed by atoms with E-state index < -0.39 is 0 Å². The molecule has 0 radical (unpaired) electrons. The predicted molar refractivity (Wildman–Crippen MR) is 90.0 cm³/mol. The Balaban J connectivity index is 1.68. The van der Waals surface area contributed by atoms with E-state index in [0.717, 1.165) is 22.6 Å². The Hall–Kier alpha value is -2.94. The lowest BCUT2D eigenvalue weighted by molar-refractivity contribution is 1.41. The van der Waals surface area contributed by atoms with Crippen molar-refractivity contribution in [2.75, 3.05) is 16.6 Å². The summed E-state index contributed by atoms with van der Waals surface area (Å²) in [6.07, 6.45) is 0. The van der Waals surface area contributed by atoms with Crippen molar-refractivity contribution in [1.82, 2.24) is 0 Å². The number of nitrogens with two attached hydrogens (primary N) is 1. The summed E-state index contributed by atoms with van der Waals surface area (Å²) in [5.41, 5.74) is 17.2. The van der Waals surface area contributed by atoms with Gasteiger partial charge in [0.05, 0.1) is 11.4 Å². The molecule has 21 heavy (non-hydrogen) atoms. The summed E-state index contributed by atoms with van der Waals surface area (Å²) < 4.78 is 0. The van der Waals surface area contributed by atoms with Crippen LogP contribution in [0.2, 0.25) is 0 Å². The summed E-state index contributed by atoms with van der Waals surface area (Å²) in [6.45, 7) is 0. The van der Waals surface area contributed by atoms with Crippen LogP contribution in [0.4, 0.5) is 17.1 Å². The van der Waals surface area contributed by atoms with Gasteiger partial charge in [-0.15, -0.1) is 0 Å². The lowest BCUT2D eigenvalue weighted by atomic mass is 10.1. The Morgan fingerprint density at radius 3 is 1.57 bits per heavy atom. The fraction of sp³-hybridized carbons (Fsp3) is 0. The highest BCUT2D eigenvalue weighted by molar-refractivity contribution is 5.68. The van der Waals surface area contributed by atoms with Crippen molar-refractivity contribution in [2.24, 2.45) is 0 Å². The summed E-state index contributed by atoms with van der Waals surface area (Å²) in [7, 11) is 0. The molecule has 0 amide bonds. The van der Waals surface area contributed by atoms with Gasteiger partial charge in [-0.25, -0.2) is 0 Å². The number of hydrogen-bond acceptors (Lipinski definition) is 3. The van der Waals surface area contributed by atoms with E-state index in [1.807, 2.05) is 66.7 Å². The van der Waals surface area contributed by atoms with Gasteiger partial charge in [0.1, 0.15) is 0 Å². The second kappa shape index (κ2) is 6.01. The fourth-order valence-electron chi connectivity index (χ4n) is 2.09. The van der Waals surface area contributed by atoms with Gasteiger partial charge in [0.25, 0.3) is 0 Å². The van der Waals surface area contributed by atoms with Crippen LogP contribution >= 0.6 is 0 Å². The van der Waals surface area contributed by atoms with Gasteiger partial charge >= 0.3 is 0 Å². The molecule has 3 rings (SSSR count). The molecular weight excluding hydrogens is 258 g/mol. The van der Waals surface area contributed by atoms with Crippen LogP contribution in [0.1, 0.15) is 0 Å². The minimum atomic E-state index is 0.782. The molecule has 3 aromatic carbocycles. The van der Waals surface area contributed by atoms with Crippen molar-refractivity contribution in [3.05, 3.63) is 78.9 Å². The molecule has 104 valence electrons. The van der Waals surface area contributed by atoms with Crippen molar-refractivity contribution in [2.45, 2.75) is 0 Å². The molecule has 0 aliphatic heterocycles. The summed E-state index contributed by atoms with van der Waals surface area (Å²) in [4.78, 5) is 0. The van der Waals surface area contributed by atoms with Crippen molar-refractivity contribution in [1.29, 1.82) is 0 Å². The highest BCUT2D eigenvalue weighted by Gasteiger charge is 1.98. The zero-order valence-corrected chi connectivity index (χ0v) is 11.6. The first kappa shape index (κ1) is 13.1. The predicted octanol–water partition coefficient (Wildman–Crippen LogP) is 4.37. The van der Waals surface area contributed by atoms with Crippen LogP contribution in [-0.4, -0.2) is 0 Å². The Kier molecular flexibility index (Phi) is 3.74.